The number of halogens is 3. The van der Waals surface area contributed by atoms with Crippen molar-refractivity contribution < 1.29 is 9.18 Å². The molecule has 0 spiro atoms. The molecule has 0 saturated carbocycles. The average Bonchev–Trinajstić information content (AvgIpc) is 3.10. The Morgan fingerprint density at radius 2 is 2.00 bits per heavy atom. The molecule has 0 atom stereocenters. The van der Waals surface area contributed by atoms with Crippen molar-refractivity contribution >= 4 is 62.3 Å². The summed E-state index contributed by atoms with van der Waals surface area (Å²) in [5, 5.41) is 1.63. The number of amides is 1. The van der Waals surface area contributed by atoms with Crippen molar-refractivity contribution in [1.29, 1.82) is 0 Å². The number of piperazine rings is 1. The molecule has 0 N–H and O–H groups in total. The maximum absolute atomic E-state index is 15.2. The number of carbonyl (C=O) groups is 1. The summed E-state index contributed by atoms with van der Waals surface area (Å²) < 4.78 is 19.5. The van der Waals surface area contributed by atoms with Crippen LogP contribution in [-0.4, -0.2) is 47.1 Å². The lowest BCUT2D eigenvalue weighted by Gasteiger charge is -2.34. The fourth-order valence-corrected chi connectivity index (χ4v) is 4.40. The lowest BCUT2D eigenvalue weighted by molar-refractivity contribution is -0.126. The second kappa shape index (κ2) is 8.43. The highest BCUT2D eigenvalue weighted by Crippen LogP contribution is 2.38. The Bertz CT molecular complexity index is 1010. The Balaban J connectivity index is 2.00. The van der Waals surface area contributed by atoms with E-state index in [1.165, 1.54) is 23.8 Å². The van der Waals surface area contributed by atoms with E-state index in [1.54, 1.807) is 11.0 Å². The number of nitrogens with zero attached hydrogens (tertiary/aromatic N) is 4. The number of carbonyl (C=O) groups excluding carboxylic acids is 1. The second-order valence-corrected chi connectivity index (χ2v) is 7.63. The minimum Gasteiger partial charge on any atom is -0.358 e. The monoisotopic (exact) mass is 438 g/mol. The van der Waals surface area contributed by atoms with Crippen molar-refractivity contribution in [3.05, 3.63) is 59.5 Å². The van der Waals surface area contributed by atoms with Crippen molar-refractivity contribution in [3.63, 3.8) is 0 Å². The van der Waals surface area contributed by atoms with Crippen LogP contribution in [0.25, 0.3) is 10.9 Å². The SMILES string of the molecule is C=CN=C(C(=C)Cl)c1c(Cl)cc2c(N3CCN(C(=O)C=C)CC3)snc2c1F. The van der Waals surface area contributed by atoms with Crippen LogP contribution >= 0.6 is 34.7 Å². The first-order chi connectivity index (χ1) is 13.4. The fourth-order valence-electron chi connectivity index (χ4n) is 3.06. The van der Waals surface area contributed by atoms with E-state index in [1.807, 2.05) is 0 Å². The molecular weight excluding hydrogens is 422 g/mol. The van der Waals surface area contributed by atoms with Crippen molar-refractivity contribution in [2.45, 2.75) is 0 Å². The van der Waals surface area contributed by atoms with Gasteiger partial charge in [0.2, 0.25) is 5.91 Å². The Morgan fingerprint density at radius 1 is 1.32 bits per heavy atom. The molecule has 2 aromatic rings. The van der Waals surface area contributed by atoms with Gasteiger partial charge in [-0.05, 0) is 23.7 Å². The van der Waals surface area contributed by atoms with Crippen LogP contribution in [0.3, 0.4) is 0 Å². The molecular formula is C19H17Cl2FN4OS. The molecule has 1 saturated heterocycles. The maximum atomic E-state index is 15.2. The van der Waals surface area contributed by atoms with Crippen LogP contribution < -0.4 is 4.90 Å². The van der Waals surface area contributed by atoms with Crippen molar-refractivity contribution in [2.24, 2.45) is 4.99 Å². The summed E-state index contributed by atoms with van der Waals surface area (Å²) in [6.07, 6.45) is 2.56. The highest BCUT2D eigenvalue weighted by molar-refractivity contribution is 7.11. The Hall–Kier alpha value is -2.22. The lowest BCUT2D eigenvalue weighted by Crippen LogP contribution is -2.48. The summed E-state index contributed by atoms with van der Waals surface area (Å²) in [6, 6.07) is 1.66. The van der Waals surface area contributed by atoms with E-state index >= 15 is 4.39 Å². The van der Waals surface area contributed by atoms with Gasteiger partial charge in [-0.25, -0.2) is 4.39 Å². The van der Waals surface area contributed by atoms with Gasteiger partial charge in [0, 0.05) is 37.8 Å². The van der Waals surface area contributed by atoms with Gasteiger partial charge in [-0.3, -0.25) is 9.79 Å². The molecule has 1 aliphatic heterocycles. The number of aromatic nitrogens is 1. The number of rotatable bonds is 5. The molecule has 2 heterocycles. The molecule has 9 heteroatoms. The fraction of sp³-hybridized carbons (Fsp3) is 0.211. The molecule has 28 heavy (non-hydrogen) atoms. The summed E-state index contributed by atoms with van der Waals surface area (Å²) in [7, 11) is 0. The third kappa shape index (κ3) is 3.70. The zero-order chi connectivity index (χ0) is 20.4. The summed E-state index contributed by atoms with van der Waals surface area (Å²) in [4.78, 5) is 19.5. The topological polar surface area (TPSA) is 48.8 Å². The molecule has 146 valence electrons. The van der Waals surface area contributed by atoms with Crippen LogP contribution in [0.5, 0.6) is 0 Å². The van der Waals surface area contributed by atoms with E-state index in [0.717, 1.165) is 5.00 Å². The van der Waals surface area contributed by atoms with Crippen LogP contribution in [0.15, 0.2) is 48.1 Å². The van der Waals surface area contributed by atoms with Crippen LogP contribution in [0.4, 0.5) is 9.39 Å². The standard InChI is InChI=1S/C19H17Cl2FN4OS/c1-4-14(27)25-6-8-26(9-7-25)19-12-10-13(21)15(16(22)18(12)24-28-19)17(11(3)20)23-5-2/h4-5,10H,1-3,6-9H2. The number of anilines is 1. The lowest BCUT2D eigenvalue weighted by atomic mass is 10.1. The molecule has 0 aliphatic carbocycles. The van der Waals surface area contributed by atoms with Gasteiger partial charge in [-0.2, -0.15) is 4.37 Å². The Kier molecular flexibility index (Phi) is 6.17. The third-order valence-corrected chi connectivity index (χ3v) is 5.82. The van der Waals surface area contributed by atoms with Crippen LogP contribution in [0, 0.1) is 5.82 Å². The van der Waals surface area contributed by atoms with Gasteiger partial charge in [0.25, 0.3) is 0 Å². The van der Waals surface area contributed by atoms with Gasteiger partial charge in [0.1, 0.15) is 10.5 Å². The van der Waals surface area contributed by atoms with Crippen LogP contribution in [-0.2, 0) is 4.79 Å². The first kappa shape index (κ1) is 20.5. The van der Waals surface area contributed by atoms with Gasteiger partial charge in [0.05, 0.1) is 21.3 Å². The summed E-state index contributed by atoms with van der Waals surface area (Å²) in [5.41, 5.74) is 0.359. The molecule has 1 amide bonds. The second-order valence-electron chi connectivity index (χ2n) is 6.01. The molecule has 3 rings (SSSR count). The van der Waals surface area contributed by atoms with E-state index in [0.29, 0.717) is 31.6 Å². The minimum absolute atomic E-state index is 0.0484. The molecule has 5 nitrogen and oxygen atoms in total. The van der Waals surface area contributed by atoms with E-state index < -0.39 is 5.82 Å². The summed E-state index contributed by atoms with van der Waals surface area (Å²) in [5.74, 6) is -0.698. The number of benzene rings is 1. The Morgan fingerprint density at radius 3 is 2.57 bits per heavy atom. The van der Waals surface area contributed by atoms with E-state index in [-0.39, 0.29) is 32.8 Å². The molecule has 1 aliphatic rings. The van der Waals surface area contributed by atoms with Crippen molar-refractivity contribution in [3.8, 4) is 0 Å². The average molecular weight is 439 g/mol. The first-order valence-corrected chi connectivity index (χ1v) is 9.89. The summed E-state index contributed by atoms with van der Waals surface area (Å²) in [6.45, 7) is 13.0. The minimum atomic E-state index is -0.604. The van der Waals surface area contributed by atoms with Gasteiger partial charge < -0.3 is 9.80 Å². The normalized spacial score (nSPS) is 15.0. The van der Waals surface area contributed by atoms with Gasteiger partial charge >= 0.3 is 0 Å². The molecule has 0 unspecified atom stereocenters. The van der Waals surface area contributed by atoms with E-state index in [4.69, 9.17) is 23.2 Å². The van der Waals surface area contributed by atoms with E-state index in [2.05, 4.69) is 34.0 Å². The molecule has 1 aromatic heterocycles. The highest BCUT2D eigenvalue weighted by Gasteiger charge is 2.26. The zero-order valence-electron chi connectivity index (χ0n) is 14.9. The van der Waals surface area contributed by atoms with Gasteiger partial charge in [0.15, 0.2) is 5.82 Å². The number of hydrogen-bond acceptors (Lipinski definition) is 5. The first-order valence-electron chi connectivity index (χ1n) is 8.36. The van der Waals surface area contributed by atoms with E-state index in [9.17, 15) is 4.79 Å². The predicted octanol–water partition coefficient (Wildman–Crippen LogP) is 4.61. The molecule has 0 radical (unpaired) electrons. The highest BCUT2D eigenvalue weighted by atomic mass is 35.5. The number of fused-ring (bicyclic) bond motifs is 1. The molecule has 1 aromatic carbocycles. The van der Waals surface area contributed by atoms with Crippen LogP contribution in [0.1, 0.15) is 5.56 Å². The number of aliphatic imine (C=N–C) groups is 1. The third-order valence-electron chi connectivity index (χ3n) is 4.41. The summed E-state index contributed by atoms with van der Waals surface area (Å²) >= 11 is 13.5. The number of allylic oxidation sites excluding steroid dienone is 1. The van der Waals surface area contributed by atoms with Crippen molar-refractivity contribution in [1.82, 2.24) is 9.27 Å². The quantitative estimate of drug-likeness (QED) is 0.505. The maximum Gasteiger partial charge on any atom is 0.246 e. The van der Waals surface area contributed by atoms with Gasteiger partial charge in [-0.1, -0.05) is 42.9 Å². The number of hydrogen-bond donors (Lipinski definition) is 0. The predicted molar refractivity (Wildman–Crippen MR) is 115 cm³/mol. The van der Waals surface area contributed by atoms with Gasteiger partial charge in [-0.15, -0.1) is 0 Å². The largest absolute Gasteiger partial charge is 0.358 e. The molecule has 1 fully saturated rings. The molecule has 0 bridgehead atoms. The zero-order valence-corrected chi connectivity index (χ0v) is 17.2. The Labute approximate surface area is 176 Å². The smallest absolute Gasteiger partial charge is 0.246 e. The van der Waals surface area contributed by atoms with Crippen molar-refractivity contribution in [2.75, 3.05) is 31.1 Å². The van der Waals surface area contributed by atoms with Crippen LogP contribution in [0.2, 0.25) is 5.02 Å².